The molecule has 0 aliphatic carbocycles. The quantitative estimate of drug-likeness (QED) is 0.121. The Labute approximate surface area is 351 Å². The zero-order chi connectivity index (χ0) is 41.9. The molecule has 60 heavy (non-hydrogen) atoms. The van der Waals surface area contributed by atoms with Gasteiger partial charge in [-0.3, -0.25) is 0 Å². The van der Waals surface area contributed by atoms with E-state index in [2.05, 4.69) is 13.8 Å². The van der Waals surface area contributed by atoms with Gasteiger partial charge in [0.25, 0.3) is 0 Å². The van der Waals surface area contributed by atoms with Gasteiger partial charge in [0.15, 0.2) is 0 Å². The summed E-state index contributed by atoms with van der Waals surface area (Å²) in [7, 11) is -3.64. The van der Waals surface area contributed by atoms with Crippen molar-refractivity contribution in [1.29, 1.82) is 0 Å². The fourth-order valence-electron chi connectivity index (χ4n) is 5.77. The van der Waals surface area contributed by atoms with E-state index >= 15 is 0 Å². The van der Waals surface area contributed by atoms with Crippen LogP contribution >= 0.6 is 0 Å². The smallest absolute Gasteiger partial charge is 0.206 e. The second kappa shape index (κ2) is 19.0. The van der Waals surface area contributed by atoms with Crippen molar-refractivity contribution in [2.45, 2.75) is 37.5 Å². The van der Waals surface area contributed by atoms with Crippen LogP contribution in [0.3, 0.4) is 0 Å². The van der Waals surface area contributed by atoms with Crippen LogP contribution in [0.2, 0.25) is 0 Å². The minimum Gasteiger partial charge on any atom is -0.457 e. The molecule has 8 rings (SSSR count). The summed E-state index contributed by atoms with van der Waals surface area (Å²) in [6.07, 6.45) is 0. The fraction of sp³-hybridized carbons (Fsp3) is 0.0769. The number of aryl methyl sites for hydroxylation is 4. The van der Waals surface area contributed by atoms with Crippen molar-refractivity contribution in [3.63, 3.8) is 0 Å². The van der Waals surface area contributed by atoms with Crippen molar-refractivity contribution >= 4 is 9.84 Å². The summed E-state index contributed by atoms with van der Waals surface area (Å²) in [5.41, 5.74) is 4.70. The molecule has 0 radical (unpaired) electrons. The molecule has 7 nitrogen and oxygen atoms in total. The number of rotatable bonds is 12. The first kappa shape index (κ1) is 40.9. The van der Waals surface area contributed by atoms with Crippen LogP contribution in [0.4, 0.5) is 0 Å². The SMILES string of the molecule is Cc1ccc(Oc2ccc(Oc3ccc(Oc4ccc(C)cc4)cc3)cc2)cc1.Cc1ccc(Oc2ccc(S(=O)(=O)c3ccc(Oc4ccc(C)cc4)cc3)cc2)cc1. The molecule has 0 N–H and O–H groups in total. The van der Waals surface area contributed by atoms with Gasteiger partial charge in [0.1, 0.15) is 57.5 Å². The molecule has 300 valence electrons. The molecular weight excluding hydrogens is 769 g/mol. The predicted octanol–water partition coefficient (Wildman–Crippen LogP) is 14.4. The molecule has 8 aromatic carbocycles. The molecule has 8 heteroatoms. The van der Waals surface area contributed by atoms with E-state index in [1.54, 1.807) is 48.5 Å². The van der Waals surface area contributed by atoms with E-state index in [1.165, 1.54) is 11.1 Å². The summed E-state index contributed by atoms with van der Waals surface area (Å²) in [5.74, 6) is 7.19. The number of hydrogen-bond donors (Lipinski definition) is 0. The second-order valence-electron chi connectivity index (χ2n) is 14.2. The molecule has 0 aromatic heterocycles. The normalized spacial score (nSPS) is 10.8. The lowest BCUT2D eigenvalue weighted by molar-refractivity contribution is 0.464. The summed E-state index contributed by atoms with van der Waals surface area (Å²) < 4.78 is 55.1. The first-order valence-electron chi connectivity index (χ1n) is 19.4. The van der Waals surface area contributed by atoms with E-state index in [-0.39, 0.29) is 9.79 Å². The summed E-state index contributed by atoms with van der Waals surface area (Å²) in [6.45, 7) is 8.11. The number of sulfone groups is 1. The summed E-state index contributed by atoms with van der Waals surface area (Å²) in [5, 5.41) is 0. The average Bonchev–Trinajstić information content (AvgIpc) is 3.26. The third-order valence-electron chi connectivity index (χ3n) is 9.18. The summed E-state index contributed by atoms with van der Waals surface area (Å²) >= 11 is 0. The lowest BCUT2D eigenvalue weighted by Gasteiger charge is -2.10. The van der Waals surface area contributed by atoms with Gasteiger partial charge in [0, 0.05) is 0 Å². The van der Waals surface area contributed by atoms with E-state index in [0.29, 0.717) is 23.0 Å². The van der Waals surface area contributed by atoms with Crippen LogP contribution in [-0.4, -0.2) is 8.42 Å². The molecular formula is C52H44O7S. The van der Waals surface area contributed by atoms with E-state index in [4.69, 9.17) is 23.7 Å². The van der Waals surface area contributed by atoms with Crippen LogP contribution in [0, 0.1) is 27.7 Å². The highest BCUT2D eigenvalue weighted by Gasteiger charge is 2.18. The minimum atomic E-state index is -3.64. The topological polar surface area (TPSA) is 80.3 Å². The third kappa shape index (κ3) is 11.4. The van der Waals surface area contributed by atoms with Crippen LogP contribution < -0.4 is 23.7 Å². The molecule has 0 saturated heterocycles. The van der Waals surface area contributed by atoms with E-state index in [9.17, 15) is 8.42 Å². The van der Waals surface area contributed by atoms with Gasteiger partial charge in [-0.15, -0.1) is 0 Å². The van der Waals surface area contributed by atoms with Crippen molar-refractivity contribution in [2.75, 3.05) is 0 Å². The minimum absolute atomic E-state index is 0.205. The first-order chi connectivity index (χ1) is 29.0. The molecule has 0 saturated carbocycles. The highest BCUT2D eigenvalue weighted by molar-refractivity contribution is 7.91. The highest BCUT2D eigenvalue weighted by Crippen LogP contribution is 2.31. The standard InChI is InChI=1S/C26H22O4S.C26H22O3/c1-19-3-7-21(8-4-19)29-23-11-15-25(16-12-23)31(27,28)26-17-13-24(14-18-26)30-22-9-5-20(2)6-10-22;1-19-3-7-21(8-4-19)27-23-11-15-25(16-12-23)29-26-17-13-24(14-18-26)28-22-9-5-20(2)6-10-22/h3-18H,1-2H3;3-18H,1-2H3. The zero-order valence-corrected chi connectivity index (χ0v) is 34.6. The number of hydrogen-bond acceptors (Lipinski definition) is 7. The van der Waals surface area contributed by atoms with Crippen molar-refractivity contribution < 1.29 is 32.1 Å². The Balaban J connectivity index is 0.000000182. The van der Waals surface area contributed by atoms with Crippen LogP contribution in [-0.2, 0) is 9.84 Å². The molecule has 0 unspecified atom stereocenters. The summed E-state index contributed by atoms with van der Waals surface area (Å²) in [4.78, 5) is 0.409. The van der Waals surface area contributed by atoms with Crippen molar-refractivity contribution in [3.8, 4) is 57.5 Å². The zero-order valence-electron chi connectivity index (χ0n) is 33.7. The monoisotopic (exact) mass is 812 g/mol. The Kier molecular flexibility index (Phi) is 12.9. The maximum absolute atomic E-state index is 13.0. The Bertz CT molecular complexity index is 2510. The third-order valence-corrected chi connectivity index (χ3v) is 11.0. The molecule has 0 aliphatic rings. The molecule has 0 spiro atoms. The maximum atomic E-state index is 13.0. The molecule has 0 fully saturated rings. The van der Waals surface area contributed by atoms with Crippen molar-refractivity contribution in [3.05, 3.63) is 216 Å². The second-order valence-corrected chi connectivity index (χ2v) is 16.1. The maximum Gasteiger partial charge on any atom is 0.206 e. The van der Waals surface area contributed by atoms with Crippen molar-refractivity contribution in [2.24, 2.45) is 0 Å². The average molecular weight is 813 g/mol. The predicted molar refractivity (Wildman–Crippen MR) is 236 cm³/mol. The van der Waals surface area contributed by atoms with Crippen LogP contribution in [0.15, 0.2) is 204 Å². The van der Waals surface area contributed by atoms with Gasteiger partial charge in [-0.2, -0.15) is 0 Å². The fourth-order valence-corrected chi connectivity index (χ4v) is 7.03. The Hall–Kier alpha value is -7.29. The molecule has 0 amide bonds. The Morgan fingerprint density at radius 1 is 0.233 bits per heavy atom. The van der Waals surface area contributed by atoms with E-state index in [0.717, 1.165) is 45.6 Å². The Morgan fingerprint density at radius 3 is 0.533 bits per heavy atom. The molecule has 0 aliphatic heterocycles. The van der Waals surface area contributed by atoms with Crippen LogP contribution in [0.25, 0.3) is 0 Å². The van der Waals surface area contributed by atoms with Gasteiger partial charge in [-0.25, -0.2) is 8.42 Å². The molecule has 0 atom stereocenters. The Morgan fingerprint density at radius 2 is 0.367 bits per heavy atom. The largest absolute Gasteiger partial charge is 0.457 e. The van der Waals surface area contributed by atoms with Gasteiger partial charge in [0.2, 0.25) is 9.84 Å². The van der Waals surface area contributed by atoms with Crippen molar-refractivity contribution in [1.82, 2.24) is 0 Å². The number of ether oxygens (including phenoxy) is 5. The van der Waals surface area contributed by atoms with Gasteiger partial charge in [-0.1, -0.05) is 70.8 Å². The molecule has 8 aromatic rings. The lowest BCUT2D eigenvalue weighted by Crippen LogP contribution is -2.01. The van der Waals surface area contributed by atoms with Gasteiger partial charge in [0.05, 0.1) is 9.79 Å². The van der Waals surface area contributed by atoms with E-state index < -0.39 is 9.84 Å². The molecule has 0 bridgehead atoms. The first-order valence-corrected chi connectivity index (χ1v) is 20.8. The van der Waals surface area contributed by atoms with Crippen LogP contribution in [0.1, 0.15) is 22.3 Å². The molecule has 0 heterocycles. The van der Waals surface area contributed by atoms with Gasteiger partial charge < -0.3 is 23.7 Å². The van der Waals surface area contributed by atoms with E-state index in [1.807, 2.05) is 159 Å². The highest BCUT2D eigenvalue weighted by atomic mass is 32.2. The number of benzene rings is 8. The lowest BCUT2D eigenvalue weighted by atomic mass is 10.2. The summed E-state index contributed by atoms with van der Waals surface area (Å²) in [6, 6.07) is 59.2. The van der Waals surface area contributed by atoms with Gasteiger partial charge >= 0.3 is 0 Å². The van der Waals surface area contributed by atoms with Gasteiger partial charge in [-0.05, 0) is 173 Å². The van der Waals surface area contributed by atoms with Crippen LogP contribution in [0.5, 0.6) is 57.5 Å².